The second-order valence-electron chi connectivity index (χ2n) is 2.55. The summed E-state index contributed by atoms with van der Waals surface area (Å²) in [6, 6.07) is 0. The van der Waals surface area contributed by atoms with E-state index >= 15 is 0 Å². The minimum absolute atomic E-state index is 1.18. The normalized spacial score (nSPS) is 26.1. The van der Waals surface area contributed by atoms with Crippen molar-refractivity contribution in [2.75, 3.05) is 13.1 Å². The zero-order valence-corrected chi connectivity index (χ0v) is 6.11. The van der Waals surface area contributed by atoms with Gasteiger partial charge < -0.3 is 5.32 Å². The van der Waals surface area contributed by atoms with Crippen molar-refractivity contribution in [3.05, 3.63) is 11.6 Å². The molecule has 1 saturated heterocycles. The molecule has 0 aliphatic carbocycles. The van der Waals surface area contributed by atoms with Gasteiger partial charge >= 0.3 is 0 Å². The molecule has 1 nitrogen and oxygen atoms in total. The SMILES string of the molecule is C/C=C1/CCCNCC1. The lowest BCUT2D eigenvalue weighted by Crippen LogP contribution is -2.13. The van der Waals surface area contributed by atoms with Crippen molar-refractivity contribution in [2.45, 2.75) is 26.2 Å². The van der Waals surface area contributed by atoms with E-state index in [2.05, 4.69) is 18.3 Å². The fourth-order valence-corrected chi connectivity index (χ4v) is 1.23. The standard InChI is InChI=1S/C8H15N/c1-2-8-4-3-6-9-7-5-8/h2,9H,3-7H2,1H3/b8-2-. The lowest BCUT2D eigenvalue weighted by molar-refractivity contribution is 0.703. The summed E-state index contributed by atoms with van der Waals surface area (Å²) in [6.45, 7) is 4.53. The summed E-state index contributed by atoms with van der Waals surface area (Å²) >= 11 is 0. The van der Waals surface area contributed by atoms with Crippen LogP contribution in [0.15, 0.2) is 11.6 Å². The monoisotopic (exact) mass is 125 g/mol. The van der Waals surface area contributed by atoms with Crippen LogP contribution in [0, 0.1) is 0 Å². The smallest absolute Gasteiger partial charge is 0.00116 e. The minimum Gasteiger partial charge on any atom is -0.316 e. The van der Waals surface area contributed by atoms with Crippen molar-refractivity contribution in [1.29, 1.82) is 0 Å². The van der Waals surface area contributed by atoms with Gasteiger partial charge in [-0.2, -0.15) is 0 Å². The van der Waals surface area contributed by atoms with Crippen LogP contribution < -0.4 is 5.32 Å². The minimum atomic E-state index is 1.18. The molecule has 0 saturated carbocycles. The summed E-state index contributed by atoms with van der Waals surface area (Å²) in [5, 5.41) is 3.37. The highest BCUT2D eigenvalue weighted by atomic mass is 14.8. The van der Waals surface area contributed by atoms with E-state index in [1.807, 2.05) is 0 Å². The Balaban J connectivity index is 2.36. The van der Waals surface area contributed by atoms with Crippen LogP contribution in [-0.4, -0.2) is 13.1 Å². The molecule has 0 bridgehead atoms. The first-order valence-electron chi connectivity index (χ1n) is 3.78. The zero-order valence-electron chi connectivity index (χ0n) is 6.11. The van der Waals surface area contributed by atoms with E-state index < -0.39 is 0 Å². The second kappa shape index (κ2) is 3.67. The maximum Gasteiger partial charge on any atom is -0.00116 e. The van der Waals surface area contributed by atoms with Gasteiger partial charge in [0, 0.05) is 0 Å². The summed E-state index contributed by atoms with van der Waals surface area (Å²) in [5.74, 6) is 0. The van der Waals surface area contributed by atoms with E-state index in [4.69, 9.17) is 0 Å². The average Bonchev–Trinajstić information content (AvgIpc) is 2.13. The van der Waals surface area contributed by atoms with Gasteiger partial charge in [0.2, 0.25) is 0 Å². The molecule has 0 aromatic heterocycles. The van der Waals surface area contributed by atoms with Gasteiger partial charge in [-0.15, -0.1) is 0 Å². The first-order valence-corrected chi connectivity index (χ1v) is 3.78. The zero-order chi connectivity index (χ0) is 6.53. The van der Waals surface area contributed by atoms with E-state index in [9.17, 15) is 0 Å². The van der Waals surface area contributed by atoms with Gasteiger partial charge in [0.25, 0.3) is 0 Å². The molecule has 9 heavy (non-hydrogen) atoms. The molecular weight excluding hydrogens is 110 g/mol. The van der Waals surface area contributed by atoms with Gasteiger partial charge in [0.1, 0.15) is 0 Å². The number of allylic oxidation sites excluding steroid dienone is 1. The molecule has 0 aromatic rings. The Morgan fingerprint density at radius 1 is 1.33 bits per heavy atom. The van der Waals surface area contributed by atoms with Gasteiger partial charge in [0.15, 0.2) is 0 Å². The quantitative estimate of drug-likeness (QED) is 0.486. The first-order chi connectivity index (χ1) is 4.43. The summed E-state index contributed by atoms with van der Waals surface area (Å²) in [7, 11) is 0. The average molecular weight is 125 g/mol. The fourth-order valence-electron chi connectivity index (χ4n) is 1.23. The number of hydrogen-bond acceptors (Lipinski definition) is 1. The lowest BCUT2D eigenvalue weighted by Gasteiger charge is -1.97. The molecule has 0 radical (unpaired) electrons. The Morgan fingerprint density at radius 3 is 3.00 bits per heavy atom. The predicted molar refractivity (Wildman–Crippen MR) is 40.5 cm³/mol. The largest absolute Gasteiger partial charge is 0.316 e. The second-order valence-corrected chi connectivity index (χ2v) is 2.55. The third-order valence-corrected chi connectivity index (χ3v) is 1.88. The number of nitrogens with one attached hydrogen (secondary N) is 1. The van der Waals surface area contributed by atoms with Crippen LogP contribution in [0.25, 0.3) is 0 Å². The van der Waals surface area contributed by atoms with Gasteiger partial charge in [-0.3, -0.25) is 0 Å². The molecule has 1 aliphatic heterocycles. The fraction of sp³-hybridized carbons (Fsp3) is 0.750. The third kappa shape index (κ3) is 2.19. The molecule has 1 rings (SSSR count). The van der Waals surface area contributed by atoms with Crippen LogP contribution in [0.4, 0.5) is 0 Å². The Labute approximate surface area is 57.1 Å². The number of hydrogen-bond donors (Lipinski definition) is 1. The first kappa shape index (κ1) is 6.81. The maximum absolute atomic E-state index is 3.37. The van der Waals surface area contributed by atoms with Gasteiger partial charge in [0.05, 0.1) is 0 Å². The van der Waals surface area contributed by atoms with Crippen LogP contribution >= 0.6 is 0 Å². The predicted octanol–water partition coefficient (Wildman–Crippen LogP) is 1.71. The highest BCUT2D eigenvalue weighted by Gasteiger charge is 2.00. The van der Waals surface area contributed by atoms with Crippen molar-refractivity contribution in [1.82, 2.24) is 5.32 Å². The van der Waals surface area contributed by atoms with Crippen molar-refractivity contribution >= 4 is 0 Å². The molecule has 1 heterocycles. The lowest BCUT2D eigenvalue weighted by atomic mass is 10.1. The number of rotatable bonds is 0. The Morgan fingerprint density at radius 2 is 2.22 bits per heavy atom. The van der Waals surface area contributed by atoms with Gasteiger partial charge in [-0.05, 0) is 39.3 Å². The van der Waals surface area contributed by atoms with Crippen LogP contribution in [-0.2, 0) is 0 Å². The molecular formula is C8H15N. The molecule has 0 amide bonds. The van der Waals surface area contributed by atoms with Crippen molar-refractivity contribution < 1.29 is 0 Å². The summed E-state index contributed by atoms with van der Waals surface area (Å²) in [6.07, 6.45) is 6.15. The molecule has 1 fully saturated rings. The highest BCUT2D eigenvalue weighted by Crippen LogP contribution is 2.10. The van der Waals surface area contributed by atoms with Gasteiger partial charge in [-0.1, -0.05) is 11.6 Å². The van der Waals surface area contributed by atoms with Gasteiger partial charge in [-0.25, -0.2) is 0 Å². The molecule has 1 heteroatoms. The van der Waals surface area contributed by atoms with Crippen LogP contribution in [0.1, 0.15) is 26.2 Å². The Kier molecular flexibility index (Phi) is 2.78. The Bertz CT molecular complexity index is 95.1. The highest BCUT2D eigenvalue weighted by molar-refractivity contribution is 5.01. The molecule has 0 unspecified atom stereocenters. The van der Waals surface area contributed by atoms with E-state index in [1.165, 1.54) is 32.4 Å². The van der Waals surface area contributed by atoms with Crippen molar-refractivity contribution in [2.24, 2.45) is 0 Å². The summed E-state index contributed by atoms with van der Waals surface area (Å²) in [5.41, 5.74) is 1.63. The maximum atomic E-state index is 3.37. The summed E-state index contributed by atoms with van der Waals surface area (Å²) < 4.78 is 0. The van der Waals surface area contributed by atoms with Crippen LogP contribution in [0.2, 0.25) is 0 Å². The topological polar surface area (TPSA) is 12.0 Å². The van der Waals surface area contributed by atoms with E-state index in [0.29, 0.717) is 0 Å². The molecule has 1 N–H and O–H groups in total. The van der Waals surface area contributed by atoms with Crippen LogP contribution in [0.3, 0.4) is 0 Å². The van der Waals surface area contributed by atoms with E-state index in [0.717, 1.165) is 0 Å². The molecule has 0 aromatic carbocycles. The van der Waals surface area contributed by atoms with Crippen molar-refractivity contribution in [3.8, 4) is 0 Å². The molecule has 52 valence electrons. The molecule has 1 aliphatic rings. The van der Waals surface area contributed by atoms with Crippen molar-refractivity contribution in [3.63, 3.8) is 0 Å². The van der Waals surface area contributed by atoms with E-state index in [1.54, 1.807) is 5.57 Å². The third-order valence-electron chi connectivity index (χ3n) is 1.88. The molecule has 0 atom stereocenters. The van der Waals surface area contributed by atoms with E-state index in [-0.39, 0.29) is 0 Å². The van der Waals surface area contributed by atoms with Crippen LogP contribution in [0.5, 0.6) is 0 Å². The summed E-state index contributed by atoms with van der Waals surface area (Å²) in [4.78, 5) is 0. The Hall–Kier alpha value is -0.300. The molecule has 0 spiro atoms.